The van der Waals surface area contributed by atoms with Crippen molar-refractivity contribution in [3.05, 3.63) is 48.3 Å². The molecule has 116 valence electrons. The molecule has 4 rings (SSSR count). The van der Waals surface area contributed by atoms with Gasteiger partial charge in [-0.1, -0.05) is 23.9 Å². The van der Waals surface area contributed by atoms with Gasteiger partial charge in [-0.25, -0.2) is 0 Å². The number of hydrogen-bond acceptors (Lipinski definition) is 5. The minimum atomic E-state index is 0.693. The van der Waals surface area contributed by atoms with Gasteiger partial charge >= 0.3 is 0 Å². The van der Waals surface area contributed by atoms with E-state index in [9.17, 15) is 0 Å². The van der Waals surface area contributed by atoms with E-state index in [1.165, 1.54) is 0 Å². The van der Waals surface area contributed by atoms with E-state index in [-0.39, 0.29) is 0 Å². The minimum Gasteiger partial charge on any atom is -0.496 e. The predicted molar refractivity (Wildman–Crippen MR) is 90.1 cm³/mol. The molecule has 3 aromatic rings. The van der Waals surface area contributed by atoms with Crippen molar-refractivity contribution in [2.24, 2.45) is 12.1 Å². The average Bonchev–Trinajstić information content (AvgIpc) is 3.20. The van der Waals surface area contributed by atoms with Crippen LogP contribution in [0.3, 0.4) is 0 Å². The number of methoxy groups -OCH3 is 1. The van der Waals surface area contributed by atoms with E-state index in [2.05, 4.69) is 22.5 Å². The Morgan fingerprint density at radius 3 is 2.83 bits per heavy atom. The maximum atomic E-state index is 5.44. The van der Waals surface area contributed by atoms with Crippen LogP contribution in [0.5, 0.6) is 5.75 Å². The largest absolute Gasteiger partial charge is 0.496 e. The van der Waals surface area contributed by atoms with Gasteiger partial charge in [0.05, 0.1) is 18.4 Å². The SMILES string of the molecule is COc1ccccc1-c1nnc2n1N=C(c1ccn(C)c1)CS2. The van der Waals surface area contributed by atoms with Crippen LogP contribution in [0, 0.1) is 0 Å². The van der Waals surface area contributed by atoms with Gasteiger partial charge < -0.3 is 9.30 Å². The van der Waals surface area contributed by atoms with E-state index in [0.717, 1.165) is 33.5 Å². The fourth-order valence-electron chi connectivity index (χ4n) is 2.54. The third kappa shape index (κ3) is 2.43. The lowest BCUT2D eigenvalue weighted by Crippen LogP contribution is -2.13. The van der Waals surface area contributed by atoms with Gasteiger partial charge in [0.1, 0.15) is 5.75 Å². The molecule has 0 saturated carbocycles. The second-order valence-corrected chi connectivity index (χ2v) is 6.16. The molecular weight excluding hydrogens is 310 g/mol. The second-order valence-electron chi connectivity index (χ2n) is 5.22. The molecule has 1 aliphatic rings. The summed E-state index contributed by atoms with van der Waals surface area (Å²) in [5.41, 5.74) is 3.01. The van der Waals surface area contributed by atoms with Gasteiger partial charge in [-0.3, -0.25) is 0 Å². The number of aryl methyl sites for hydroxylation is 1. The van der Waals surface area contributed by atoms with Gasteiger partial charge in [-0.05, 0) is 18.2 Å². The smallest absolute Gasteiger partial charge is 0.212 e. The quantitative estimate of drug-likeness (QED) is 0.743. The monoisotopic (exact) mass is 325 g/mol. The summed E-state index contributed by atoms with van der Waals surface area (Å²) in [6.07, 6.45) is 4.09. The molecule has 0 N–H and O–H groups in total. The van der Waals surface area contributed by atoms with Crippen molar-refractivity contribution in [1.82, 2.24) is 19.4 Å². The van der Waals surface area contributed by atoms with Crippen LogP contribution in [-0.2, 0) is 7.05 Å². The molecule has 0 radical (unpaired) electrons. The molecule has 0 amide bonds. The molecule has 23 heavy (non-hydrogen) atoms. The number of benzene rings is 1. The van der Waals surface area contributed by atoms with E-state index >= 15 is 0 Å². The third-order valence-corrected chi connectivity index (χ3v) is 4.61. The first-order chi connectivity index (χ1) is 11.3. The Kier molecular flexibility index (Phi) is 3.42. The molecule has 2 aromatic heterocycles. The highest BCUT2D eigenvalue weighted by Gasteiger charge is 2.22. The van der Waals surface area contributed by atoms with Crippen molar-refractivity contribution in [1.29, 1.82) is 0 Å². The Balaban J connectivity index is 1.83. The first-order valence-electron chi connectivity index (χ1n) is 7.18. The maximum Gasteiger partial charge on any atom is 0.212 e. The molecule has 7 heteroatoms. The van der Waals surface area contributed by atoms with Crippen LogP contribution >= 0.6 is 11.8 Å². The third-order valence-electron chi connectivity index (χ3n) is 3.68. The van der Waals surface area contributed by atoms with Crippen LogP contribution in [-0.4, -0.2) is 38.0 Å². The molecule has 6 nitrogen and oxygen atoms in total. The van der Waals surface area contributed by atoms with Crippen molar-refractivity contribution in [2.45, 2.75) is 5.16 Å². The summed E-state index contributed by atoms with van der Waals surface area (Å²) in [7, 11) is 3.66. The number of thioether (sulfide) groups is 1. The topological polar surface area (TPSA) is 57.2 Å². The van der Waals surface area contributed by atoms with Crippen molar-refractivity contribution < 1.29 is 4.74 Å². The molecular formula is C16H15N5OS. The summed E-state index contributed by atoms with van der Waals surface area (Å²) in [5.74, 6) is 2.24. The van der Waals surface area contributed by atoms with E-state index < -0.39 is 0 Å². The number of ether oxygens (including phenoxy) is 1. The standard InChI is InChI=1S/C16H15N5OS/c1-20-8-7-11(9-20)13-10-23-16-18-17-15(21(16)19-13)12-5-3-4-6-14(12)22-2/h3-9H,10H2,1-2H3. The molecule has 0 aliphatic carbocycles. The Bertz CT molecular complexity index is 896. The van der Waals surface area contributed by atoms with Crippen molar-refractivity contribution in [3.8, 4) is 17.1 Å². The summed E-state index contributed by atoms with van der Waals surface area (Å²) in [5, 5.41) is 14.1. The van der Waals surface area contributed by atoms with Crippen molar-refractivity contribution >= 4 is 17.5 Å². The molecule has 0 fully saturated rings. The maximum absolute atomic E-state index is 5.44. The lowest BCUT2D eigenvalue weighted by atomic mass is 10.2. The van der Waals surface area contributed by atoms with E-state index in [4.69, 9.17) is 9.84 Å². The summed E-state index contributed by atoms with van der Waals surface area (Å²) in [6.45, 7) is 0. The van der Waals surface area contributed by atoms with Gasteiger partial charge in [0.2, 0.25) is 5.16 Å². The zero-order chi connectivity index (χ0) is 15.8. The van der Waals surface area contributed by atoms with E-state index in [1.54, 1.807) is 23.5 Å². The van der Waals surface area contributed by atoms with Crippen LogP contribution in [0.1, 0.15) is 5.56 Å². The van der Waals surface area contributed by atoms with Gasteiger partial charge in [0.25, 0.3) is 0 Å². The molecule has 0 unspecified atom stereocenters. The first kappa shape index (κ1) is 14.1. The normalized spacial score (nSPS) is 13.6. The highest BCUT2D eigenvalue weighted by atomic mass is 32.2. The molecule has 0 spiro atoms. The predicted octanol–water partition coefficient (Wildman–Crippen LogP) is 2.65. The first-order valence-corrected chi connectivity index (χ1v) is 8.16. The van der Waals surface area contributed by atoms with Crippen LogP contribution in [0.4, 0.5) is 0 Å². The lowest BCUT2D eigenvalue weighted by Gasteiger charge is -2.13. The minimum absolute atomic E-state index is 0.693. The zero-order valence-corrected chi connectivity index (χ0v) is 13.6. The summed E-state index contributed by atoms with van der Waals surface area (Å²) < 4.78 is 9.25. The highest BCUT2D eigenvalue weighted by molar-refractivity contribution is 7.99. The van der Waals surface area contributed by atoms with Gasteiger partial charge in [-0.2, -0.15) is 9.78 Å². The Labute approximate surface area is 137 Å². The number of aromatic nitrogens is 4. The Morgan fingerprint density at radius 1 is 1.17 bits per heavy atom. The summed E-state index contributed by atoms with van der Waals surface area (Å²) >= 11 is 1.64. The molecule has 3 heterocycles. The zero-order valence-electron chi connectivity index (χ0n) is 12.8. The van der Waals surface area contributed by atoms with E-state index in [0.29, 0.717) is 5.82 Å². The highest BCUT2D eigenvalue weighted by Crippen LogP contribution is 2.32. The van der Waals surface area contributed by atoms with Gasteiger partial charge in [0.15, 0.2) is 5.82 Å². The molecule has 0 bridgehead atoms. The second kappa shape index (κ2) is 5.58. The average molecular weight is 325 g/mol. The lowest BCUT2D eigenvalue weighted by molar-refractivity contribution is 0.416. The van der Waals surface area contributed by atoms with Crippen LogP contribution in [0.25, 0.3) is 11.4 Å². The molecule has 1 aliphatic heterocycles. The number of rotatable bonds is 3. The Hall–Kier alpha value is -2.54. The number of para-hydroxylation sites is 1. The van der Waals surface area contributed by atoms with Crippen LogP contribution < -0.4 is 4.74 Å². The number of fused-ring (bicyclic) bond motifs is 1. The molecule has 0 atom stereocenters. The van der Waals surface area contributed by atoms with Gasteiger partial charge in [0, 0.05) is 30.8 Å². The fraction of sp³-hybridized carbons (Fsp3) is 0.188. The Morgan fingerprint density at radius 2 is 2.04 bits per heavy atom. The van der Waals surface area contributed by atoms with Crippen molar-refractivity contribution in [2.75, 3.05) is 12.9 Å². The number of nitrogens with zero attached hydrogens (tertiary/aromatic N) is 5. The van der Waals surface area contributed by atoms with Crippen molar-refractivity contribution in [3.63, 3.8) is 0 Å². The van der Waals surface area contributed by atoms with Crippen LogP contribution in [0.15, 0.2) is 53.0 Å². The fourth-order valence-corrected chi connectivity index (χ4v) is 3.38. The summed E-state index contributed by atoms with van der Waals surface area (Å²) in [4.78, 5) is 0. The molecule has 1 aromatic carbocycles. The van der Waals surface area contributed by atoms with E-state index in [1.807, 2.05) is 42.1 Å². The van der Waals surface area contributed by atoms with Crippen LogP contribution in [0.2, 0.25) is 0 Å². The molecule has 0 saturated heterocycles. The summed E-state index contributed by atoms with van der Waals surface area (Å²) in [6, 6.07) is 9.83. The van der Waals surface area contributed by atoms with Gasteiger partial charge in [-0.15, -0.1) is 10.2 Å². The number of hydrogen-bond donors (Lipinski definition) is 0.